The Balaban J connectivity index is 1.33. The minimum atomic E-state index is -4.11. The van der Waals surface area contributed by atoms with Crippen LogP contribution in [0.25, 0.3) is 0 Å². The predicted molar refractivity (Wildman–Crippen MR) is 105 cm³/mol. The fourth-order valence-corrected chi connectivity index (χ4v) is 7.78. The highest BCUT2D eigenvalue weighted by atomic mass is 32.2. The number of hydrogen-bond donors (Lipinski definition) is 2. The van der Waals surface area contributed by atoms with Gasteiger partial charge in [-0.15, -0.1) is 0 Å². The molecule has 5 rings (SSSR count). The molecule has 2 aliphatic heterocycles. The van der Waals surface area contributed by atoms with E-state index in [0.717, 1.165) is 49.4 Å². The van der Waals surface area contributed by atoms with Crippen molar-refractivity contribution in [3.63, 3.8) is 0 Å². The van der Waals surface area contributed by atoms with Crippen molar-refractivity contribution < 1.29 is 27.5 Å². The first-order chi connectivity index (χ1) is 14.3. The van der Waals surface area contributed by atoms with E-state index in [1.807, 2.05) is 9.62 Å². The summed E-state index contributed by atoms with van der Waals surface area (Å²) in [4.78, 5) is 26.3. The van der Waals surface area contributed by atoms with Crippen LogP contribution >= 0.6 is 0 Å². The molecule has 168 valence electrons. The van der Waals surface area contributed by atoms with Crippen LogP contribution < -0.4 is 4.72 Å². The fourth-order valence-electron chi connectivity index (χ4n) is 6.45. The zero-order valence-electron chi connectivity index (χ0n) is 17.0. The maximum absolute atomic E-state index is 15.7. The van der Waals surface area contributed by atoms with Crippen molar-refractivity contribution in [1.29, 1.82) is 0 Å². The van der Waals surface area contributed by atoms with Gasteiger partial charge in [-0.1, -0.05) is 0 Å². The summed E-state index contributed by atoms with van der Waals surface area (Å²) in [6, 6.07) is -1.09. The van der Waals surface area contributed by atoms with Crippen molar-refractivity contribution in [2.45, 2.75) is 75.7 Å². The van der Waals surface area contributed by atoms with Crippen molar-refractivity contribution in [2.24, 2.45) is 23.7 Å². The number of nitrogens with zero attached hydrogens (tertiary/aromatic N) is 2. The number of nitrogens with one attached hydrogen (secondary N) is 1. The van der Waals surface area contributed by atoms with Gasteiger partial charge in [0, 0.05) is 18.5 Å². The van der Waals surface area contributed by atoms with Crippen molar-refractivity contribution in [2.75, 3.05) is 13.1 Å². The van der Waals surface area contributed by atoms with Crippen molar-refractivity contribution in [3.8, 4) is 0 Å². The first kappa shape index (κ1) is 20.6. The van der Waals surface area contributed by atoms with Crippen LogP contribution in [0, 0.1) is 23.7 Å². The Kier molecular flexibility index (Phi) is 5.10. The lowest BCUT2D eigenvalue weighted by Gasteiger charge is -2.49. The molecule has 0 aromatic heterocycles. The van der Waals surface area contributed by atoms with Crippen LogP contribution in [0.2, 0.25) is 0 Å². The maximum atomic E-state index is 15.7. The zero-order valence-corrected chi connectivity index (χ0v) is 17.8. The van der Waals surface area contributed by atoms with E-state index in [4.69, 9.17) is 0 Å². The largest absolute Gasteiger partial charge is 0.391 e. The number of rotatable bonds is 3. The van der Waals surface area contributed by atoms with Crippen LogP contribution in [-0.4, -0.2) is 72.0 Å². The number of hydrogen-bond acceptors (Lipinski definition) is 5. The van der Waals surface area contributed by atoms with Crippen LogP contribution in [0.4, 0.5) is 4.39 Å². The highest BCUT2D eigenvalue weighted by Gasteiger charge is 2.54. The first-order valence-electron chi connectivity index (χ1n) is 11.2. The molecule has 0 radical (unpaired) electrons. The molecule has 8 nitrogen and oxygen atoms in total. The van der Waals surface area contributed by atoms with E-state index in [1.165, 1.54) is 0 Å². The summed E-state index contributed by atoms with van der Waals surface area (Å²) in [5.41, 5.74) is 0. The summed E-state index contributed by atoms with van der Waals surface area (Å²) in [5.74, 6) is -0.414. The molecule has 0 bridgehead atoms. The number of carbonyl (C=O) groups is 2. The Morgan fingerprint density at radius 3 is 2.50 bits per heavy atom. The lowest BCUT2D eigenvalue weighted by atomic mass is 9.63. The summed E-state index contributed by atoms with van der Waals surface area (Å²) in [5, 5.41) is 10.6. The second-order valence-corrected chi connectivity index (χ2v) is 11.4. The van der Waals surface area contributed by atoms with Gasteiger partial charge >= 0.3 is 10.2 Å². The number of aliphatic hydroxyl groups is 1. The van der Waals surface area contributed by atoms with Gasteiger partial charge in [0.15, 0.2) is 0 Å². The molecule has 5 aliphatic rings. The van der Waals surface area contributed by atoms with Crippen LogP contribution in [-0.2, 0) is 19.8 Å². The Morgan fingerprint density at radius 1 is 1.10 bits per heavy atom. The standard InChI is InChI=1S/C20H30FN3O5S/c21-18-14-8-13(15-2-1-7-23(15)20(27)11-3-4-11)6-5-12(14)9-16(25)19(18)24-10-17(26)22-30(24,28)29/h11-16,18-19,25H,1-10H2,(H,22,26). The molecule has 10 heteroatoms. The number of halogens is 1. The van der Waals surface area contributed by atoms with Crippen LogP contribution in [0.3, 0.4) is 0 Å². The van der Waals surface area contributed by atoms with Crippen molar-refractivity contribution in [1.82, 2.24) is 13.9 Å². The van der Waals surface area contributed by atoms with Crippen LogP contribution in [0.1, 0.15) is 51.4 Å². The molecule has 5 fully saturated rings. The lowest BCUT2D eigenvalue weighted by molar-refractivity contribution is -0.135. The first-order valence-corrected chi connectivity index (χ1v) is 12.7. The summed E-state index contributed by atoms with van der Waals surface area (Å²) in [7, 11) is -4.11. The Bertz CT molecular complexity index is 834. The van der Waals surface area contributed by atoms with E-state index >= 15 is 4.39 Å². The number of alkyl halides is 1. The SMILES string of the molecule is O=C1CN(C2C(O)CC3CCC(C4CCCN4C(=O)C4CC4)CC3C2F)S(=O)(=O)N1. The molecule has 2 N–H and O–H groups in total. The predicted octanol–water partition coefficient (Wildman–Crippen LogP) is 0.568. The molecule has 7 atom stereocenters. The molecule has 0 aromatic rings. The van der Waals surface area contributed by atoms with Gasteiger partial charge in [-0.05, 0) is 69.1 Å². The number of aliphatic hydroxyl groups excluding tert-OH is 1. The molecule has 3 saturated carbocycles. The van der Waals surface area contributed by atoms with E-state index in [-0.39, 0.29) is 35.6 Å². The minimum absolute atomic E-state index is 0.00505. The van der Waals surface area contributed by atoms with E-state index in [1.54, 1.807) is 0 Å². The summed E-state index contributed by atoms with van der Waals surface area (Å²) in [6.45, 7) is 0.336. The Morgan fingerprint density at radius 2 is 1.83 bits per heavy atom. The summed E-state index contributed by atoms with van der Waals surface area (Å²) < 4.78 is 42.9. The van der Waals surface area contributed by atoms with Gasteiger partial charge in [-0.2, -0.15) is 12.7 Å². The normalized spacial score (nSPS) is 44.0. The van der Waals surface area contributed by atoms with Gasteiger partial charge in [0.2, 0.25) is 11.8 Å². The van der Waals surface area contributed by atoms with Gasteiger partial charge < -0.3 is 10.0 Å². The second kappa shape index (κ2) is 7.41. The molecule has 2 saturated heterocycles. The molecule has 2 amide bonds. The Hall–Kier alpha value is -1.26. The lowest BCUT2D eigenvalue weighted by Crippen LogP contribution is -2.59. The molecule has 0 aromatic carbocycles. The highest BCUT2D eigenvalue weighted by molar-refractivity contribution is 7.88. The maximum Gasteiger partial charge on any atom is 0.304 e. The van der Waals surface area contributed by atoms with Gasteiger partial charge in [0.1, 0.15) is 6.17 Å². The highest BCUT2D eigenvalue weighted by Crippen LogP contribution is 2.48. The van der Waals surface area contributed by atoms with Gasteiger partial charge in [0.25, 0.3) is 0 Å². The molecule has 30 heavy (non-hydrogen) atoms. The monoisotopic (exact) mass is 443 g/mol. The average Bonchev–Trinajstić information content (AvgIpc) is 3.35. The van der Waals surface area contributed by atoms with Gasteiger partial charge in [0.05, 0.1) is 18.7 Å². The zero-order chi connectivity index (χ0) is 21.2. The number of fused-ring (bicyclic) bond motifs is 1. The van der Waals surface area contributed by atoms with Gasteiger partial charge in [-0.25, -0.2) is 9.11 Å². The van der Waals surface area contributed by atoms with Crippen LogP contribution in [0.5, 0.6) is 0 Å². The van der Waals surface area contributed by atoms with E-state index < -0.39 is 41.0 Å². The van der Waals surface area contributed by atoms with E-state index in [2.05, 4.69) is 0 Å². The molecule has 2 heterocycles. The average molecular weight is 444 g/mol. The number of amides is 2. The molecule has 3 aliphatic carbocycles. The molecule has 7 unspecified atom stereocenters. The van der Waals surface area contributed by atoms with E-state index in [0.29, 0.717) is 12.8 Å². The molecular weight excluding hydrogens is 413 g/mol. The summed E-state index contributed by atoms with van der Waals surface area (Å²) in [6.07, 6.45) is 3.86. The van der Waals surface area contributed by atoms with Crippen molar-refractivity contribution >= 4 is 22.0 Å². The van der Waals surface area contributed by atoms with Crippen LogP contribution in [0.15, 0.2) is 0 Å². The minimum Gasteiger partial charge on any atom is -0.391 e. The summed E-state index contributed by atoms with van der Waals surface area (Å²) >= 11 is 0. The quantitative estimate of drug-likeness (QED) is 0.663. The Labute approximate surface area is 176 Å². The van der Waals surface area contributed by atoms with E-state index in [9.17, 15) is 23.1 Å². The molecule has 0 spiro atoms. The fraction of sp³-hybridized carbons (Fsp3) is 0.900. The second-order valence-electron chi connectivity index (χ2n) is 9.83. The number of likely N-dealkylation sites (tertiary alicyclic amines) is 1. The van der Waals surface area contributed by atoms with Gasteiger partial charge in [-0.3, -0.25) is 9.59 Å². The third-order valence-electron chi connectivity index (χ3n) is 8.00. The molecular formula is C20H30FN3O5S. The third kappa shape index (κ3) is 3.44. The smallest absolute Gasteiger partial charge is 0.304 e. The third-order valence-corrected chi connectivity index (χ3v) is 9.47. The number of carbonyl (C=O) groups excluding carboxylic acids is 2. The topological polar surface area (TPSA) is 107 Å². The van der Waals surface area contributed by atoms with Crippen molar-refractivity contribution in [3.05, 3.63) is 0 Å².